The van der Waals surface area contributed by atoms with Gasteiger partial charge in [0.25, 0.3) is 0 Å². The molecule has 0 spiro atoms. The molecule has 8 rings (SSSR count). The number of hydrogen-bond acceptors (Lipinski definition) is 2. The van der Waals surface area contributed by atoms with Gasteiger partial charge in [-0.1, -0.05) is 146 Å². The molecule has 0 unspecified atom stereocenters. The van der Waals surface area contributed by atoms with Gasteiger partial charge in [0.2, 0.25) is 0 Å². The van der Waals surface area contributed by atoms with Gasteiger partial charge >= 0.3 is 0 Å². The van der Waals surface area contributed by atoms with Crippen LogP contribution in [0.5, 0.6) is 0 Å². The fraction of sp³-hybridized carbons (Fsp3) is 0.0417. The van der Waals surface area contributed by atoms with E-state index in [1.807, 2.05) is 0 Å². The van der Waals surface area contributed by atoms with E-state index in [0.29, 0.717) is 6.54 Å². The van der Waals surface area contributed by atoms with Crippen molar-refractivity contribution in [3.8, 4) is 44.5 Å². The maximum absolute atomic E-state index is 3.74. The lowest BCUT2D eigenvalue weighted by molar-refractivity contribution is 1.03. The molecule has 50 heavy (non-hydrogen) atoms. The van der Waals surface area contributed by atoms with Crippen molar-refractivity contribution < 1.29 is 0 Å². The predicted octanol–water partition coefficient (Wildman–Crippen LogP) is 12.9. The third-order valence-electron chi connectivity index (χ3n) is 9.46. The summed E-state index contributed by atoms with van der Waals surface area (Å²) in [6.07, 6.45) is 4.48. The second kappa shape index (κ2) is 14.0. The zero-order chi connectivity index (χ0) is 33.7. The van der Waals surface area contributed by atoms with Crippen molar-refractivity contribution in [2.24, 2.45) is 0 Å². The lowest BCUT2D eigenvalue weighted by Gasteiger charge is -2.31. The normalized spacial score (nSPS) is 14.7. The van der Waals surface area contributed by atoms with Gasteiger partial charge in [0, 0.05) is 28.3 Å². The van der Waals surface area contributed by atoms with E-state index in [4.69, 9.17) is 0 Å². The summed E-state index contributed by atoms with van der Waals surface area (Å²) in [6, 6.07) is 65.1. The summed E-state index contributed by atoms with van der Waals surface area (Å²) in [6.45, 7) is 2.91. The first-order valence-corrected chi connectivity index (χ1v) is 17.2. The number of nitrogens with one attached hydrogen (secondary N) is 1. The summed E-state index contributed by atoms with van der Waals surface area (Å²) in [5.74, 6) is 0. The largest absolute Gasteiger partial charge is 0.357 e. The first kappa shape index (κ1) is 30.9. The molecule has 0 atom stereocenters. The van der Waals surface area contributed by atoms with Crippen LogP contribution in [0.2, 0.25) is 0 Å². The molecule has 0 saturated heterocycles. The summed E-state index contributed by atoms with van der Waals surface area (Å²) in [4.78, 5) is 2.41. The number of fused-ring (bicyclic) bond motifs is 1. The third-order valence-corrected chi connectivity index (χ3v) is 9.46. The first-order chi connectivity index (χ1) is 24.7. The highest BCUT2D eigenvalue weighted by molar-refractivity contribution is 5.86. The number of anilines is 3. The van der Waals surface area contributed by atoms with E-state index in [1.54, 1.807) is 0 Å². The summed E-state index contributed by atoms with van der Waals surface area (Å²) >= 11 is 0. The van der Waals surface area contributed by atoms with E-state index in [2.05, 4.69) is 211 Å². The van der Waals surface area contributed by atoms with Crippen molar-refractivity contribution in [1.82, 2.24) is 0 Å². The first-order valence-electron chi connectivity index (χ1n) is 17.2. The molecule has 1 heterocycles. The number of benzene rings is 7. The van der Waals surface area contributed by atoms with Crippen molar-refractivity contribution in [2.45, 2.75) is 6.92 Å². The third kappa shape index (κ3) is 6.65. The second-order valence-electron chi connectivity index (χ2n) is 12.8. The molecule has 7 aromatic rings. The second-order valence-corrected chi connectivity index (χ2v) is 12.8. The van der Waals surface area contributed by atoms with E-state index < -0.39 is 0 Å². The molecular formula is C48H38N2. The van der Waals surface area contributed by atoms with E-state index in [0.717, 1.165) is 17.1 Å². The number of allylic oxidation sites excluding steroid dienone is 3. The fourth-order valence-electron chi connectivity index (χ4n) is 6.74. The average Bonchev–Trinajstić information content (AvgIpc) is 3.19. The molecule has 1 N–H and O–H groups in total. The average molecular weight is 643 g/mol. The van der Waals surface area contributed by atoms with Gasteiger partial charge in [-0.25, -0.2) is 0 Å². The fourth-order valence-corrected chi connectivity index (χ4v) is 6.74. The van der Waals surface area contributed by atoms with Gasteiger partial charge in [-0.2, -0.15) is 0 Å². The lowest BCUT2D eigenvalue weighted by Crippen LogP contribution is -2.24. The van der Waals surface area contributed by atoms with E-state index in [1.165, 1.54) is 61.3 Å². The Labute approximate surface area is 295 Å². The van der Waals surface area contributed by atoms with Gasteiger partial charge in [-0.15, -0.1) is 0 Å². The maximum atomic E-state index is 3.74. The van der Waals surface area contributed by atoms with E-state index in [-0.39, 0.29) is 0 Å². The van der Waals surface area contributed by atoms with E-state index in [9.17, 15) is 0 Å². The zero-order valence-corrected chi connectivity index (χ0v) is 28.1. The van der Waals surface area contributed by atoms with Crippen LogP contribution in [0.25, 0.3) is 50.1 Å². The van der Waals surface area contributed by atoms with Crippen molar-refractivity contribution >= 4 is 22.6 Å². The van der Waals surface area contributed by atoms with Crippen LogP contribution in [-0.4, -0.2) is 6.54 Å². The van der Waals surface area contributed by atoms with Gasteiger partial charge in [-0.05, 0) is 106 Å². The monoisotopic (exact) mass is 642 g/mol. The minimum absolute atomic E-state index is 0.701. The Kier molecular flexibility index (Phi) is 8.66. The molecule has 0 bridgehead atoms. The van der Waals surface area contributed by atoms with Crippen LogP contribution >= 0.6 is 0 Å². The van der Waals surface area contributed by atoms with Crippen LogP contribution < -0.4 is 10.2 Å². The van der Waals surface area contributed by atoms with Gasteiger partial charge in [-0.3, -0.25) is 0 Å². The molecule has 1 aliphatic heterocycles. The Bertz CT molecular complexity index is 2280. The molecule has 2 nitrogen and oxygen atoms in total. The highest BCUT2D eigenvalue weighted by Crippen LogP contribution is 2.38. The summed E-state index contributed by atoms with van der Waals surface area (Å²) in [5, 5.41) is 3.74. The van der Waals surface area contributed by atoms with Crippen LogP contribution in [0.4, 0.5) is 17.1 Å². The summed E-state index contributed by atoms with van der Waals surface area (Å²) < 4.78 is 0. The smallest absolute Gasteiger partial charge is 0.0632 e. The molecular weight excluding hydrogens is 605 g/mol. The Morgan fingerprint density at radius 2 is 0.880 bits per heavy atom. The van der Waals surface area contributed by atoms with Gasteiger partial charge in [0.15, 0.2) is 0 Å². The minimum atomic E-state index is 0.701. The zero-order valence-electron chi connectivity index (χ0n) is 28.1. The number of para-hydroxylation sites is 1. The van der Waals surface area contributed by atoms with Crippen molar-refractivity contribution in [2.75, 3.05) is 16.8 Å². The Hall–Kier alpha value is -6.38. The minimum Gasteiger partial charge on any atom is -0.357 e. The van der Waals surface area contributed by atoms with Crippen LogP contribution in [0.15, 0.2) is 200 Å². The Morgan fingerprint density at radius 3 is 1.50 bits per heavy atom. The van der Waals surface area contributed by atoms with Crippen LogP contribution in [0.3, 0.4) is 0 Å². The molecule has 0 fully saturated rings. The van der Waals surface area contributed by atoms with Crippen molar-refractivity contribution in [1.29, 1.82) is 0 Å². The number of hydrogen-bond donors (Lipinski definition) is 1. The standard InChI is InChI=1S/C48H38N2/c1-35-20-28-45(49-44-29-25-40(26-30-44)39-23-21-38(22-24-39)36-12-5-2-6-13-36)34-50(46-18-9-4-10-19-46)48-31-27-43(33-47(35)48)42-17-11-16-41(32-42)37-14-7-3-8-15-37/h2-33,49H,34H2,1H3/b35-20+,45-28+. The molecule has 1 aliphatic rings. The van der Waals surface area contributed by atoms with Gasteiger partial charge in [0.1, 0.15) is 0 Å². The molecule has 240 valence electrons. The summed E-state index contributed by atoms with van der Waals surface area (Å²) in [7, 11) is 0. The van der Waals surface area contributed by atoms with Gasteiger partial charge in [0.05, 0.1) is 6.54 Å². The topological polar surface area (TPSA) is 15.3 Å². The van der Waals surface area contributed by atoms with Crippen LogP contribution in [0.1, 0.15) is 12.5 Å². The molecule has 0 amide bonds. The Balaban J connectivity index is 1.08. The van der Waals surface area contributed by atoms with Gasteiger partial charge < -0.3 is 10.2 Å². The molecule has 0 saturated carbocycles. The Morgan fingerprint density at radius 1 is 0.420 bits per heavy atom. The molecule has 7 aromatic carbocycles. The molecule has 0 radical (unpaired) electrons. The van der Waals surface area contributed by atoms with Crippen LogP contribution in [-0.2, 0) is 0 Å². The number of rotatable bonds is 7. The quantitative estimate of drug-likeness (QED) is 0.186. The predicted molar refractivity (Wildman–Crippen MR) is 213 cm³/mol. The molecule has 0 aromatic heterocycles. The number of nitrogens with zero attached hydrogens (tertiary/aromatic N) is 1. The SMILES string of the molecule is C/C1=C\C=C(\Nc2ccc(-c3ccc(-c4ccccc4)cc3)cc2)CN(c2ccccc2)c2ccc(-c3cccc(-c4ccccc4)c3)cc21. The maximum Gasteiger partial charge on any atom is 0.0632 e. The molecule has 0 aliphatic carbocycles. The highest BCUT2D eigenvalue weighted by Gasteiger charge is 2.19. The van der Waals surface area contributed by atoms with Crippen molar-refractivity contribution in [3.63, 3.8) is 0 Å². The lowest BCUT2D eigenvalue weighted by atomic mass is 9.94. The van der Waals surface area contributed by atoms with Crippen LogP contribution in [0, 0.1) is 0 Å². The summed E-state index contributed by atoms with van der Waals surface area (Å²) in [5.41, 5.74) is 16.7. The van der Waals surface area contributed by atoms with Crippen molar-refractivity contribution in [3.05, 3.63) is 205 Å². The van der Waals surface area contributed by atoms with E-state index >= 15 is 0 Å². The highest BCUT2D eigenvalue weighted by atomic mass is 15.2. The molecule has 2 heteroatoms.